The van der Waals surface area contributed by atoms with E-state index in [2.05, 4.69) is 15.3 Å². The van der Waals surface area contributed by atoms with Gasteiger partial charge >= 0.3 is 17.6 Å². The molecule has 13 heteroatoms. The summed E-state index contributed by atoms with van der Waals surface area (Å²) in [5, 5.41) is 12.3. The molecule has 0 saturated carbocycles. The average molecular weight is 540 g/mol. The molecule has 4 rings (SSSR count). The van der Waals surface area contributed by atoms with Gasteiger partial charge in [0.25, 0.3) is 5.56 Å². The molecule has 2 aromatic heterocycles. The van der Waals surface area contributed by atoms with Crippen LogP contribution in [0.25, 0.3) is 10.9 Å². The summed E-state index contributed by atoms with van der Waals surface area (Å²) < 4.78 is 12.5. The van der Waals surface area contributed by atoms with Crippen molar-refractivity contribution in [1.82, 2.24) is 19.9 Å². The monoisotopic (exact) mass is 539 g/mol. The molecule has 0 bridgehead atoms. The highest BCUT2D eigenvalue weighted by Crippen LogP contribution is 2.21. The summed E-state index contributed by atoms with van der Waals surface area (Å²) in [5.41, 5.74) is 6.66. The Kier molecular flexibility index (Phi) is 8.42. The van der Waals surface area contributed by atoms with E-state index < -0.39 is 53.5 Å². The van der Waals surface area contributed by atoms with Crippen molar-refractivity contribution in [2.24, 2.45) is 5.73 Å². The minimum atomic E-state index is -1.12. The molecule has 13 nitrogen and oxygen atoms in total. The predicted molar refractivity (Wildman–Crippen MR) is 139 cm³/mol. The van der Waals surface area contributed by atoms with E-state index in [1.54, 1.807) is 25.3 Å². The van der Waals surface area contributed by atoms with Crippen molar-refractivity contribution in [3.63, 3.8) is 0 Å². The van der Waals surface area contributed by atoms with Crippen molar-refractivity contribution < 1.29 is 29.0 Å². The first kappa shape index (κ1) is 27.5. The van der Waals surface area contributed by atoms with Gasteiger partial charge in [0, 0.05) is 41.7 Å². The number of ether oxygens (including phenoxy) is 2. The minimum absolute atomic E-state index is 0.0935. The number of aromatic nitrogens is 3. The number of carboxylic acid groups (broad SMARTS) is 1. The number of hydrogen-bond acceptors (Lipinski definition) is 8. The number of carbonyl (C=O) groups excluding carboxylic acids is 2. The number of carboxylic acids is 1. The highest BCUT2D eigenvalue weighted by molar-refractivity contribution is 5.89. The second kappa shape index (κ2) is 11.9. The molecule has 4 atom stereocenters. The fourth-order valence-corrected chi connectivity index (χ4v) is 4.18. The Morgan fingerprint density at radius 3 is 2.77 bits per heavy atom. The van der Waals surface area contributed by atoms with E-state index in [9.17, 15) is 24.0 Å². The lowest BCUT2D eigenvalue weighted by Gasteiger charge is -2.21. The lowest BCUT2D eigenvalue weighted by atomic mass is 10.0. The number of hydrogen-bond donors (Lipinski definition) is 5. The maximum Gasteiger partial charge on any atom is 0.330 e. The van der Waals surface area contributed by atoms with Crippen molar-refractivity contribution in [2.75, 3.05) is 6.61 Å². The first-order valence-corrected chi connectivity index (χ1v) is 12.3. The molecule has 6 N–H and O–H groups in total. The Morgan fingerprint density at radius 1 is 1.23 bits per heavy atom. The van der Waals surface area contributed by atoms with Crippen molar-refractivity contribution in [3.05, 3.63) is 80.8 Å². The zero-order chi connectivity index (χ0) is 28.1. The number of aromatic amines is 2. The number of nitrogens with zero attached hydrogens (tertiary/aromatic N) is 1. The number of nitrogens with one attached hydrogen (secondary N) is 3. The van der Waals surface area contributed by atoms with Crippen LogP contribution in [0.3, 0.4) is 0 Å². The Bertz CT molecular complexity index is 1520. The average Bonchev–Trinajstić information content (AvgIpc) is 3.54. The van der Waals surface area contributed by atoms with Crippen LogP contribution in [-0.2, 0) is 30.3 Å². The molecular weight excluding hydrogens is 510 g/mol. The molecule has 0 unspecified atom stereocenters. The Labute approximate surface area is 221 Å². The summed E-state index contributed by atoms with van der Waals surface area (Å²) in [6.45, 7) is 1.36. The Balaban J connectivity index is 1.43. The third-order valence-corrected chi connectivity index (χ3v) is 6.32. The Morgan fingerprint density at radius 2 is 2.00 bits per heavy atom. The fraction of sp³-hybridized carbons (Fsp3) is 0.346. The number of carbonyl (C=O) groups is 3. The molecule has 0 fully saturated rings. The Hall–Kier alpha value is -4.49. The van der Waals surface area contributed by atoms with Crippen LogP contribution in [-0.4, -0.2) is 62.3 Å². The van der Waals surface area contributed by atoms with Crippen molar-refractivity contribution in [1.29, 1.82) is 0 Å². The van der Waals surface area contributed by atoms with Gasteiger partial charge in [0.05, 0.1) is 6.04 Å². The molecule has 1 amide bonds. The lowest BCUT2D eigenvalue weighted by Crippen LogP contribution is -2.50. The topological polar surface area (TPSA) is 199 Å². The van der Waals surface area contributed by atoms with Gasteiger partial charge in [-0.3, -0.25) is 23.9 Å². The molecule has 1 aromatic carbocycles. The minimum Gasteiger partial charge on any atom is -0.481 e. The fourth-order valence-electron chi connectivity index (χ4n) is 4.18. The van der Waals surface area contributed by atoms with Gasteiger partial charge in [-0.1, -0.05) is 24.3 Å². The molecule has 206 valence electrons. The first-order valence-electron chi connectivity index (χ1n) is 12.3. The van der Waals surface area contributed by atoms with Crippen LogP contribution in [0.1, 0.15) is 30.2 Å². The van der Waals surface area contributed by atoms with Crippen LogP contribution >= 0.6 is 0 Å². The highest BCUT2D eigenvalue weighted by atomic mass is 16.6. The summed E-state index contributed by atoms with van der Waals surface area (Å²) in [4.78, 5) is 65.7. The molecule has 0 saturated heterocycles. The summed E-state index contributed by atoms with van der Waals surface area (Å²) in [5.74, 6) is -2.50. The third-order valence-electron chi connectivity index (χ3n) is 6.32. The zero-order valence-corrected chi connectivity index (χ0v) is 21.1. The van der Waals surface area contributed by atoms with Crippen LogP contribution in [0.15, 0.2) is 58.4 Å². The van der Waals surface area contributed by atoms with Crippen LogP contribution in [0.5, 0.6) is 0 Å². The van der Waals surface area contributed by atoms with Crippen molar-refractivity contribution >= 4 is 28.7 Å². The molecule has 0 aliphatic carbocycles. The van der Waals surface area contributed by atoms with Gasteiger partial charge < -0.3 is 30.6 Å². The van der Waals surface area contributed by atoms with Crippen molar-refractivity contribution in [3.8, 4) is 0 Å². The maximum atomic E-state index is 13.1. The van der Waals surface area contributed by atoms with Gasteiger partial charge in [-0.2, -0.15) is 0 Å². The molecular formula is C26H29N5O8. The largest absolute Gasteiger partial charge is 0.481 e. The third kappa shape index (κ3) is 6.69. The van der Waals surface area contributed by atoms with E-state index in [1.807, 2.05) is 24.3 Å². The van der Waals surface area contributed by atoms with Crippen LogP contribution < -0.4 is 22.3 Å². The lowest BCUT2D eigenvalue weighted by molar-refractivity contribution is -0.151. The molecule has 3 heterocycles. The summed E-state index contributed by atoms with van der Waals surface area (Å²) in [6, 6.07) is 5.23. The van der Waals surface area contributed by atoms with Gasteiger partial charge in [0.2, 0.25) is 5.91 Å². The van der Waals surface area contributed by atoms with Gasteiger partial charge in [0.1, 0.15) is 18.8 Å². The first-order chi connectivity index (χ1) is 18.6. The molecule has 1 aliphatic rings. The number of H-pyrrole nitrogens is 2. The van der Waals surface area contributed by atoms with E-state index in [-0.39, 0.29) is 25.9 Å². The summed E-state index contributed by atoms with van der Waals surface area (Å²) in [7, 11) is 0. The van der Waals surface area contributed by atoms with Crippen LogP contribution in [0.2, 0.25) is 0 Å². The standard InChI is InChI=1S/C26H29N5O8/c1-14-12-31(26(37)30-23(14)34)21-8-6-16(39-21)13-38-25(36)20(29-24(35)18(27)7-9-22(32)33)10-15-11-28-19-5-3-2-4-17(15)19/h2-6,8,11-12,16,18,20-21,28H,7,9-10,13,27H2,1H3,(H,29,35)(H,32,33)(H,30,34,37)/t16-,18-,20-,21+/m0/s1. The number of aliphatic carboxylic acids is 1. The number of aryl methyl sites for hydroxylation is 1. The SMILES string of the molecule is Cc1cn([C@H]2C=C[C@@H](COC(=O)[C@H](Cc3c[nH]c4ccccc34)NC(=O)[C@@H](N)CCC(=O)O)O2)c(=O)[nH]c1=O. The number of esters is 1. The second-order valence-corrected chi connectivity index (χ2v) is 9.22. The van der Waals surface area contributed by atoms with Crippen LogP contribution in [0, 0.1) is 6.92 Å². The van der Waals surface area contributed by atoms with E-state index in [0.717, 1.165) is 16.5 Å². The maximum absolute atomic E-state index is 13.1. The summed E-state index contributed by atoms with van der Waals surface area (Å²) in [6.07, 6.45) is 4.56. The van der Waals surface area contributed by atoms with Gasteiger partial charge in [0.15, 0.2) is 6.23 Å². The predicted octanol–water partition coefficient (Wildman–Crippen LogP) is 0.243. The number of para-hydroxylation sites is 1. The number of benzene rings is 1. The molecule has 0 radical (unpaired) electrons. The highest BCUT2D eigenvalue weighted by Gasteiger charge is 2.29. The summed E-state index contributed by atoms with van der Waals surface area (Å²) >= 11 is 0. The smallest absolute Gasteiger partial charge is 0.330 e. The number of fused-ring (bicyclic) bond motifs is 1. The van der Waals surface area contributed by atoms with Gasteiger partial charge in [-0.05, 0) is 31.1 Å². The van der Waals surface area contributed by atoms with Gasteiger partial charge in [-0.15, -0.1) is 0 Å². The zero-order valence-electron chi connectivity index (χ0n) is 21.1. The van der Waals surface area contributed by atoms with E-state index >= 15 is 0 Å². The normalized spacial score (nSPS) is 18.1. The second-order valence-electron chi connectivity index (χ2n) is 9.22. The van der Waals surface area contributed by atoms with Gasteiger partial charge in [-0.25, -0.2) is 9.59 Å². The van der Waals surface area contributed by atoms with E-state index in [0.29, 0.717) is 5.56 Å². The number of amides is 1. The molecule has 3 aromatic rings. The van der Waals surface area contributed by atoms with E-state index in [4.69, 9.17) is 20.3 Å². The molecule has 0 spiro atoms. The quantitative estimate of drug-likeness (QED) is 0.167. The number of rotatable bonds is 11. The van der Waals surface area contributed by atoms with Crippen LogP contribution in [0.4, 0.5) is 0 Å². The number of nitrogens with two attached hydrogens (primary N) is 1. The molecule has 1 aliphatic heterocycles. The molecule has 39 heavy (non-hydrogen) atoms. The van der Waals surface area contributed by atoms with E-state index in [1.165, 1.54) is 10.8 Å². The van der Waals surface area contributed by atoms with Crippen molar-refractivity contribution in [2.45, 2.75) is 50.6 Å².